The molecule has 1 aromatic carbocycles. The van der Waals surface area contributed by atoms with E-state index in [1.807, 2.05) is 0 Å². The molecule has 1 radical (unpaired) electrons. The average molecular weight is 177 g/mol. The van der Waals surface area contributed by atoms with Crippen LogP contribution in [0.2, 0.25) is 0 Å². The predicted molar refractivity (Wildman–Crippen MR) is 35.9 cm³/mol. The van der Waals surface area contributed by atoms with Crippen LogP contribution in [-0.2, 0) is 6.18 Å². The monoisotopic (exact) mass is 177 g/mol. The molecule has 0 unspecified atom stereocenters. The van der Waals surface area contributed by atoms with Crippen molar-refractivity contribution in [2.24, 2.45) is 0 Å². The molecule has 0 saturated carbocycles. The van der Waals surface area contributed by atoms with Crippen molar-refractivity contribution < 1.29 is 17.6 Å². The molecule has 0 heterocycles. The van der Waals surface area contributed by atoms with Crippen molar-refractivity contribution in [3.8, 4) is 0 Å². The van der Waals surface area contributed by atoms with Gasteiger partial charge in [0.2, 0.25) is 0 Å². The van der Waals surface area contributed by atoms with E-state index < -0.39 is 17.6 Å². The first-order valence-electron chi connectivity index (χ1n) is 3.10. The first-order chi connectivity index (χ1) is 5.41. The Bertz CT molecular complexity index is 288. The fourth-order valence-corrected chi connectivity index (χ4v) is 0.751. The topological polar surface area (TPSA) is 0 Å². The summed E-state index contributed by atoms with van der Waals surface area (Å²) in [5.41, 5.74) is -1.13. The van der Waals surface area contributed by atoms with Gasteiger partial charge in [-0.05, 0) is 30.7 Å². The highest BCUT2D eigenvalue weighted by molar-refractivity contribution is 5.28. The number of benzene rings is 1. The van der Waals surface area contributed by atoms with Crippen molar-refractivity contribution in [1.82, 2.24) is 0 Å². The van der Waals surface area contributed by atoms with Crippen LogP contribution in [0.3, 0.4) is 0 Å². The van der Waals surface area contributed by atoms with E-state index in [2.05, 4.69) is 6.92 Å². The van der Waals surface area contributed by atoms with Gasteiger partial charge in [-0.15, -0.1) is 0 Å². The standard InChI is InChI=1S/C8H5F4/c1-5-4-6(8(10,11)12)2-3-7(5)9/h2-4H,1H2. The fourth-order valence-electron chi connectivity index (χ4n) is 0.751. The molecule has 0 aliphatic carbocycles. The molecule has 0 nitrogen and oxygen atoms in total. The van der Waals surface area contributed by atoms with Crippen molar-refractivity contribution >= 4 is 0 Å². The van der Waals surface area contributed by atoms with E-state index in [0.29, 0.717) is 12.1 Å². The van der Waals surface area contributed by atoms with Gasteiger partial charge in [-0.2, -0.15) is 13.2 Å². The van der Waals surface area contributed by atoms with Gasteiger partial charge in [-0.25, -0.2) is 4.39 Å². The van der Waals surface area contributed by atoms with Gasteiger partial charge in [0, 0.05) is 0 Å². The highest BCUT2D eigenvalue weighted by atomic mass is 19.4. The molecular weight excluding hydrogens is 172 g/mol. The van der Waals surface area contributed by atoms with Crippen LogP contribution in [0.25, 0.3) is 0 Å². The molecule has 4 heteroatoms. The summed E-state index contributed by atoms with van der Waals surface area (Å²) < 4.78 is 48.3. The van der Waals surface area contributed by atoms with E-state index in [9.17, 15) is 17.6 Å². The summed E-state index contributed by atoms with van der Waals surface area (Å²) in [6, 6.07) is 2.12. The highest BCUT2D eigenvalue weighted by Gasteiger charge is 2.30. The number of rotatable bonds is 0. The summed E-state index contributed by atoms with van der Waals surface area (Å²) in [4.78, 5) is 0. The highest BCUT2D eigenvalue weighted by Crippen LogP contribution is 2.29. The second-order valence-electron chi connectivity index (χ2n) is 2.30. The van der Waals surface area contributed by atoms with Gasteiger partial charge >= 0.3 is 6.18 Å². The third-order valence-electron chi connectivity index (χ3n) is 1.37. The maximum atomic E-state index is 12.5. The van der Waals surface area contributed by atoms with Crippen LogP contribution in [0.4, 0.5) is 17.6 Å². The minimum absolute atomic E-state index is 0.246. The first kappa shape index (κ1) is 9.03. The van der Waals surface area contributed by atoms with Crippen molar-refractivity contribution in [2.75, 3.05) is 0 Å². The summed E-state index contributed by atoms with van der Waals surface area (Å²) >= 11 is 0. The quantitative estimate of drug-likeness (QED) is 0.534. The lowest BCUT2D eigenvalue weighted by Crippen LogP contribution is -2.05. The van der Waals surface area contributed by atoms with Crippen molar-refractivity contribution in [1.29, 1.82) is 0 Å². The largest absolute Gasteiger partial charge is 0.416 e. The Labute approximate surface area is 66.8 Å². The van der Waals surface area contributed by atoms with Crippen LogP contribution in [-0.4, -0.2) is 0 Å². The number of alkyl halides is 3. The Kier molecular flexibility index (Phi) is 2.08. The summed E-state index contributed by atoms with van der Waals surface area (Å²) in [5.74, 6) is -0.733. The van der Waals surface area contributed by atoms with Gasteiger partial charge < -0.3 is 0 Å². The Morgan fingerprint density at radius 3 is 2.17 bits per heavy atom. The van der Waals surface area contributed by atoms with Crippen molar-refractivity contribution in [3.05, 3.63) is 42.1 Å². The van der Waals surface area contributed by atoms with Gasteiger partial charge in [0.25, 0.3) is 0 Å². The average Bonchev–Trinajstić information content (AvgIpc) is 1.92. The zero-order chi connectivity index (χ0) is 9.35. The minimum Gasteiger partial charge on any atom is -0.207 e. The minimum atomic E-state index is -4.43. The van der Waals surface area contributed by atoms with E-state index >= 15 is 0 Å². The smallest absolute Gasteiger partial charge is 0.207 e. The van der Waals surface area contributed by atoms with Crippen LogP contribution in [0.1, 0.15) is 11.1 Å². The molecule has 12 heavy (non-hydrogen) atoms. The van der Waals surface area contributed by atoms with Crippen LogP contribution >= 0.6 is 0 Å². The molecule has 0 saturated heterocycles. The van der Waals surface area contributed by atoms with E-state index in [-0.39, 0.29) is 5.56 Å². The predicted octanol–water partition coefficient (Wildman–Crippen LogP) is 3.03. The lowest BCUT2D eigenvalue weighted by atomic mass is 10.1. The molecule has 0 bridgehead atoms. The third kappa shape index (κ3) is 1.75. The second-order valence-corrected chi connectivity index (χ2v) is 2.30. The van der Waals surface area contributed by atoms with Gasteiger partial charge in [0.05, 0.1) is 5.56 Å². The molecule has 0 spiro atoms. The Morgan fingerprint density at radius 2 is 1.75 bits per heavy atom. The first-order valence-corrected chi connectivity index (χ1v) is 3.10. The molecule has 0 amide bonds. The molecule has 0 fully saturated rings. The van der Waals surface area contributed by atoms with Crippen LogP contribution in [0.15, 0.2) is 18.2 Å². The summed E-state index contributed by atoms with van der Waals surface area (Å²) in [7, 11) is 0. The third-order valence-corrected chi connectivity index (χ3v) is 1.37. The second kappa shape index (κ2) is 2.77. The van der Waals surface area contributed by atoms with Crippen LogP contribution < -0.4 is 0 Å². The molecule has 1 aromatic rings. The van der Waals surface area contributed by atoms with Gasteiger partial charge in [-0.3, -0.25) is 0 Å². The van der Waals surface area contributed by atoms with Crippen molar-refractivity contribution in [3.63, 3.8) is 0 Å². The Hall–Kier alpha value is -1.06. The van der Waals surface area contributed by atoms with E-state index in [1.165, 1.54) is 0 Å². The molecule has 0 aromatic heterocycles. The maximum Gasteiger partial charge on any atom is 0.416 e. The van der Waals surface area contributed by atoms with Gasteiger partial charge in [0.1, 0.15) is 5.82 Å². The van der Waals surface area contributed by atoms with E-state index in [1.54, 1.807) is 0 Å². The zero-order valence-electron chi connectivity index (χ0n) is 5.95. The summed E-state index contributed by atoms with van der Waals surface area (Å²) in [5, 5.41) is 0. The van der Waals surface area contributed by atoms with Crippen molar-refractivity contribution in [2.45, 2.75) is 6.18 Å². The molecule has 0 aliphatic heterocycles. The summed E-state index contributed by atoms with van der Waals surface area (Å²) in [6.07, 6.45) is -4.43. The summed E-state index contributed by atoms with van der Waals surface area (Å²) in [6.45, 7) is 3.12. The zero-order valence-corrected chi connectivity index (χ0v) is 5.95. The van der Waals surface area contributed by atoms with E-state index in [0.717, 1.165) is 6.07 Å². The molecule has 0 N–H and O–H groups in total. The molecule has 1 rings (SSSR count). The molecule has 0 aliphatic rings. The molecule has 65 valence electrons. The lowest BCUT2D eigenvalue weighted by Gasteiger charge is -2.06. The number of halogens is 4. The van der Waals surface area contributed by atoms with Gasteiger partial charge in [0.15, 0.2) is 0 Å². The van der Waals surface area contributed by atoms with E-state index in [4.69, 9.17) is 0 Å². The number of hydrogen-bond donors (Lipinski definition) is 0. The fraction of sp³-hybridized carbons (Fsp3) is 0.125. The van der Waals surface area contributed by atoms with Gasteiger partial charge in [-0.1, -0.05) is 0 Å². The molecular formula is C8H5F4. The SMILES string of the molecule is [CH2]c1cc(C(F)(F)F)ccc1F. The Balaban J connectivity index is 3.14. The maximum absolute atomic E-state index is 12.5. The number of hydrogen-bond acceptors (Lipinski definition) is 0. The Morgan fingerprint density at radius 1 is 1.17 bits per heavy atom. The van der Waals surface area contributed by atoms with Crippen LogP contribution in [0.5, 0.6) is 0 Å². The normalized spacial score (nSPS) is 11.8. The lowest BCUT2D eigenvalue weighted by molar-refractivity contribution is -0.137. The molecule has 0 atom stereocenters. The van der Waals surface area contributed by atoms with Crippen LogP contribution in [0, 0.1) is 12.7 Å².